The third kappa shape index (κ3) is 4.19. The van der Waals surface area contributed by atoms with E-state index < -0.39 is 0 Å². The van der Waals surface area contributed by atoms with Crippen LogP contribution in [0.15, 0.2) is 0 Å². The number of piperidine rings is 1. The highest BCUT2D eigenvalue weighted by Crippen LogP contribution is 2.16. The van der Waals surface area contributed by atoms with Crippen LogP contribution in [0.4, 0.5) is 4.79 Å². The van der Waals surface area contributed by atoms with Crippen LogP contribution in [0.25, 0.3) is 0 Å². The summed E-state index contributed by atoms with van der Waals surface area (Å²) in [5.41, 5.74) is 0. The van der Waals surface area contributed by atoms with Crippen LogP contribution < -0.4 is 5.32 Å². The van der Waals surface area contributed by atoms with Gasteiger partial charge < -0.3 is 15.3 Å². The van der Waals surface area contributed by atoms with Gasteiger partial charge in [0.2, 0.25) is 0 Å². The van der Waals surface area contributed by atoms with Crippen molar-refractivity contribution in [1.29, 1.82) is 0 Å². The zero-order valence-corrected chi connectivity index (χ0v) is 11.3. The van der Waals surface area contributed by atoms with E-state index in [0.29, 0.717) is 18.4 Å². The standard InChI is InChI=1S/C13H26N2O2/c1-4-11(5-2)8-14-13(17)15-7-6-10(3)12(16)9-15/h10-12,16H,4-9H2,1-3H3,(H,14,17). The Morgan fingerprint density at radius 2 is 2.12 bits per heavy atom. The van der Waals surface area contributed by atoms with Crippen molar-refractivity contribution in [3.63, 3.8) is 0 Å². The maximum atomic E-state index is 11.9. The molecule has 1 aliphatic heterocycles. The number of urea groups is 1. The molecule has 17 heavy (non-hydrogen) atoms. The minimum absolute atomic E-state index is 0.0251. The van der Waals surface area contributed by atoms with Gasteiger partial charge in [0, 0.05) is 19.6 Å². The van der Waals surface area contributed by atoms with Crippen molar-refractivity contribution in [1.82, 2.24) is 10.2 Å². The Bertz CT molecular complexity index is 242. The number of nitrogens with one attached hydrogen (secondary N) is 1. The van der Waals surface area contributed by atoms with E-state index in [-0.39, 0.29) is 12.1 Å². The van der Waals surface area contributed by atoms with Gasteiger partial charge in [0.15, 0.2) is 0 Å². The molecule has 1 fully saturated rings. The van der Waals surface area contributed by atoms with Gasteiger partial charge in [-0.3, -0.25) is 0 Å². The molecule has 1 saturated heterocycles. The first-order valence-electron chi connectivity index (χ1n) is 6.79. The summed E-state index contributed by atoms with van der Waals surface area (Å²) in [5, 5.41) is 12.7. The first-order valence-corrected chi connectivity index (χ1v) is 6.79. The van der Waals surface area contributed by atoms with Crippen LogP contribution in [-0.4, -0.2) is 41.8 Å². The largest absolute Gasteiger partial charge is 0.391 e. The Kier molecular flexibility index (Phi) is 5.75. The van der Waals surface area contributed by atoms with E-state index in [1.165, 1.54) is 0 Å². The molecular formula is C13H26N2O2. The minimum atomic E-state index is -0.373. The number of likely N-dealkylation sites (tertiary alicyclic amines) is 1. The van der Waals surface area contributed by atoms with E-state index in [1.54, 1.807) is 4.90 Å². The van der Waals surface area contributed by atoms with Crippen molar-refractivity contribution in [2.24, 2.45) is 11.8 Å². The second-order valence-electron chi connectivity index (χ2n) is 5.15. The molecule has 4 heteroatoms. The molecule has 0 aromatic rings. The van der Waals surface area contributed by atoms with E-state index in [2.05, 4.69) is 19.2 Å². The third-order valence-electron chi connectivity index (χ3n) is 3.90. The number of hydrogen-bond donors (Lipinski definition) is 2. The zero-order chi connectivity index (χ0) is 12.8. The van der Waals surface area contributed by atoms with Crippen molar-refractivity contribution in [2.75, 3.05) is 19.6 Å². The van der Waals surface area contributed by atoms with E-state index in [0.717, 1.165) is 32.4 Å². The topological polar surface area (TPSA) is 52.6 Å². The van der Waals surface area contributed by atoms with Crippen LogP contribution in [0.5, 0.6) is 0 Å². The van der Waals surface area contributed by atoms with Gasteiger partial charge in [0.25, 0.3) is 0 Å². The number of nitrogens with zero attached hydrogens (tertiary/aromatic N) is 1. The quantitative estimate of drug-likeness (QED) is 0.790. The minimum Gasteiger partial charge on any atom is -0.391 e. The van der Waals surface area contributed by atoms with E-state index in [1.807, 2.05) is 6.92 Å². The molecule has 0 bridgehead atoms. The van der Waals surface area contributed by atoms with Gasteiger partial charge in [-0.05, 0) is 18.3 Å². The van der Waals surface area contributed by atoms with Gasteiger partial charge in [-0.25, -0.2) is 4.79 Å². The number of aliphatic hydroxyl groups is 1. The molecule has 0 aromatic carbocycles. The highest BCUT2D eigenvalue weighted by molar-refractivity contribution is 5.74. The Balaban J connectivity index is 2.33. The second kappa shape index (κ2) is 6.84. The number of amides is 2. The number of hydrogen-bond acceptors (Lipinski definition) is 2. The molecule has 4 nitrogen and oxygen atoms in total. The molecule has 2 amide bonds. The predicted molar refractivity (Wildman–Crippen MR) is 68.8 cm³/mol. The summed E-state index contributed by atoms with van der Waals surface area (Å²) in [6, 6.07) is -0.0251. The maximum Gasteiger partial charge on any atom is 0.317 e. The molecular weight excluding hydrogens is 216 g/mol. The first-order chi connectivity index (χ1) is 8.08. The van der Waals surface area contributed by atoms with Crippen LogP contribution in [0.1, 0.15) is 40.0 Å². The Labute approximate surface area is 104 Å². The Morgan fingerprint density at radius 1 is 1.47 bits per heavy atom. The average Bonchev–Trinajstić information content (AvgIpc) is 2.33. The van der Waals surface area contributed by atoms with Crippen LogP contribution >= 0.6 is 0 Å². The number of carbonyl (C=O) groups is 1. The lowest BCUT2D eigenvalue weighted by molar-refractivity contribution is 0.0434. The van der Waals surface area contributed by atoms with Crippen molar-refractivity contribution in [2.45, 2.75) is 46.1 Å². The van der Waals surface area contributed by atoms with Gasteiger partial charge >= 0.3 is 6.03 Å². The summed E-state index contributed by atoms with van der Waals surface area (Å²) in [5.74, 6) is 0.866. The van der Waals surface area contributed by atoms with E-state index in [4.69, 9.17) is 0 Å². The fraction of sp³-hybridized carbons (Fsp3) is 0.923. The normalized spacial score (nSPS) is 25.1. The summed E-state index contributed by atoms with van der Waals surface area (Å²) >= 11 is 0. The zero-order valence-electron chi connectivity index (χ0n) is 11.3. The third-order valence-corrected chi connectivity index (χ3v) is 3.90. The van der Waals surface area contributed by atoms with Crippen molar-refractivity contribution >= 4 is 6.03 Å². The van der Waals surface area contributed by atoms with Gasteiger partial charge in [-0.1, -0.05) is 33.6 Å². The molecule has 2 N–H and O–H groups in total. The van der Waals surface area contributed by atoms with Gasteiger partial charge in [-0.15, -0.1) is 0 Å². The SMILES string of the molecule is CCC(CC)CNC(=O)N1CCC(C)C(O)C1. The van der Waals surface area contributed by atoms with Crippen LogP contribution in [0.2, 0.25) is 0 Å². The van der Waals surface area contributed by atoms with E-state index in [9.17, 15) is 9.90 Å². The summed E-state index contributed by atoms with van der Waals surface area (Å²) in [6.45, 7) is 8.29. The molecule has 0 aromatic heterocycles. The summed E-state index contributed by atoms with van der Waals surface area (Å²) in [4.78, 5) is 13.6. The molecule has 1 rings (SSSR count). The molecule has 0 spiro atoms. The molecule has 0 saturated carbocycles. The fourth-order valence-electron chi connectivity index (χ4n) is 2.15. The van der Waals surface area contributed by atoms with Crippen molar-refractivity contribution < 1.29 is 9.90 Å². The summed E-state index contributed by atoms with van der Waals surface area (Å²) in [7, 11) is 0. The van der Waals surface area contributed by atoms with Crippen molar-refractivity contribution in [3.05, 3.63) is 0 Å². The lowest BCUT2D eigenvalue weighted by atomic mass is 9.96. The monoisotopic (exact) mass is 242 g/mol. The van der Waals surface area contributed by atoms with E-state index >= 15 is 0 Å². The number of rotatable bonds is 4. The molecule has 1 heterocycles. The molecule has 2 atom stereocenters. The van der Waals surface area contributed by atoms with Gasteiger partial charge in [-0.2, -0.15) is 0 Å². The number of aliphatic hydroxyl groups excluding tert-OH is 1. The van der Waals surface area contributed by atoms with Crippen LogP contribution in [0, 0.1) is 11.8 Å². The number of β-amino-alcohol motifs (C(OH)–C–C–N with tert-alkyl or cyclic N) is 1. The molecule has 100 valence electrons. The number of carbonyl (C=O) groups excluding carboxylic acids is 1. The maximum absolute atomic E-state index is 11.9. The smallest absolute Gasteiger partial charge is 0.317 e. The first kappa shape index (κ1) is 14.3. The Morgan fingerprint density at radius 3 is 2.65 bits per heavy atom. The summed E-state index contributed by atoms with van der Waals surface area (Å²) in [6.07, 6.45) is 2.70. The Hall–Kier alpha value is -0.770. The molecule has 0 aliphatic carbocycles. The predicted octanol–water partition coefficient (Wildman–Crippen LogP) is 1.83. The van der Waals surface area contributed by atoms with Gasteiger partial charge in [0.1, 0.15) is 0 Å². The lowest BCUT2D eigenvalue weighted by Gasteiger charge is -2.34. The highest BCUT2D eigenvalue weighted by atomic mass is 16.3. The second-order valence-corrected chi connectivity index (χ2v) is 5.15. The van der Waals surface area contributed by atoms with Crippen LogP contribution in [-0.2, 0) is 0 Å². The average molecular weight is 242 g/mol. The highest BCUT2D eigenvalue weighted by Gasteiger charge is 2.27. The van der Waals surface area contributed by atoms with Gasteiger partial charge in [0.05, 0.1) is 6.10 Å². The fourth-order valence-corrected chi connectivity index (χ4v) is 2.15. The summed E-state index contributed by atoms with van der Waals surface area (Å²) < 4.78 is 0. The van der Waals surface area contributed by atoms with Crippen LogP contribution in [0.3, 0.4) is 0 Å². The van der Waals surface area contributed by atoms with Crippen molar-refractivity contribution in [3.8, 4) is 0 Å². The molecule has 0 radical (unpaired) electrons. The lowest BCUT2D eigenvalue weighted by Crippen LogP contribution is -2.50. The molecule has 1 aliphatic rings. The molecule has 2 unspecified atom stereocenters.